The molecule has 0 radical (unpaired) electrons. The first-order valence-electron chi connectivity index (χ1n) is 4.05. The highest BCUT2D eigenvalue weighted by Crippen LogP contribution is 2.08. The van der Waals surface area contributed by atoms with Crippen molar-refractivity contribution in [2.45, 2.75) is 6.04 Å². The first kappa shape index (κ1) is 11.1. The van der Waals surface area contributed by atoms with Crippen molar-refractivity contribution in [3.63, 3.8) is 0 Å². The Bertz CT molecular complexity index is 377. The lowest BCUT2D eigenvalue weighted by molar-refractivity contribution is -0.141. The first-order valence-corrected chi connectivity index (χ1v) is 4.05. The standard InChI is InChI=1S/C9H9FN2O3/c10-5-1-3-6(4-2-5)12-8(13)7(11)9(14)15/h1-4,7H,11H2,(H,12,13)(H,14,15). The lowest BCUT2D eigenvalue weighted by Crippen LogP contribution is -2.42. The monoisotopic (exact) mass is 212 g/mol. The van der Waals surface area contributed by atoms with Crippen LogP contribution >= 0.6 is 0 Å². The largest absolute Gasteiger partial charge is 0.480 e. The number of nitrogens with one attached hydrogen (secondary N) is 1. The van der Waals surface area contributed by atoms with Crippen molar-refractivity contribution in [3.8, 4) is 0 Å². The molecule has 0 bridgehead atoms. The van der Waals surface area contributed by atoms with Crippen LogP contribution in [0.5, 0.6) is 0 Å². The van der Waals surface area contributed by atoms with Crippen molar-refractivity contribution >= 4 is 17.6 Å². The minimum atomic E-state index is -1.63. The molecule has 0 saturated carbocycles. The molecule has 1 amide bonds. The number of nitrogens with two attached hydrogens (primary N) is 1. The molecule has 0 heterocycles. The maximum absolute atomic E-state index is 12.5. The third-order valence-corrected chi connectivity index (χ3v) is 1.66. The zero-order chi connectivity index (χ0) is 11.4. The van der Waals surface area contributed by atoms with Crippen molar-refractivity contribution in [1.29, 1.82) is 0 Å². The molecule has 1 unspecified atom stereocenters. The molecule has 1 aromatic carbocycles. The van der Waals surface area contributed by atoms with Crippen LogP contribution in [0.4, 0.5) is 10.1 Å². The molecule has 0 spiro atoms. The lowest BCUT2D eigenvalue weighted by atomic mass is 10.2. The smallest absolute Gasteiger partial charge is 0.330 e. The number of aliphatic carboxylic acids is 1. The zero-order valence-corrected chi connectivity index (χ0v) is 7.61. The van der Waals surface area contributed by atoms with Crippen LogP contribution in [0.2, 0.25) is 0 Å². The van der Waals surface area contributed by atoms with E-state index in [1.165, 1.54) is 12.1 Å². The van der Waals surface area contributed by atoms with E-state index < -0.39 is 23.7 Å². The van der Waals surface area contributed by atoms with Crippen molar-refractivity contribution in [3.05, 3.63) is 30.1 Å². The number of rotatable bonds is 3. The summed E-state index contributed by atoms with van der Waals surface area (Å²) in [6, 6.07) is 3.27. The second-order valence-electron chi connectivity index (χ2n) is 2.81. The van der Waals surface area contributed by atoms with Crippen LogP contribution < -0.4 is 11.1 Å². The number of halogens is 1. The van der Waals surface area contributed by atoms with E-state index in [0.717, 1.165) is 12.1 Å². The molecule has 1 aromatic rings. The number of benzene rings is 1. The molecular formula is C9H9FN2O3. The summed E-state index contributed by atoms with van der Waals surface area (Å²) < 4.78 is 12.5. The van der Waals surface area contributed by atoms with Gasteiger partial charge in [0.1, 0.15) is 5.82 Å². The predicted molar refractivity (Wildman–Crippen MR) is 50.6 cm³/mol. The van der Waals surface area contributed by atoms with E-state index in [4.69, 9.17) is 10.8 Å². The van der Waals surface area contributed by atoms with Crippen LogP contribution in [0.25, 0.3) is 0 Å². The van der Waals surface area contributed by atoms with Crippen LogP contribution in [0.1, 0.15) is 0 Å². The number of hydrogen-bond acceptors (Lipinski definition) is 3. The van der Waals surface area contributed by atoms with Crippen LogP contribution in [0.15, 0.2) is 24.3 Å². The Morgan fingerprint density at radius 1 is 1.33 bits per heavy atom. The van der Waals surface area contributed by atoms with Crippen molar-refractivity contribution in [1.82, 2.24) is 0 Å². The van der Waals surface area contributed by atoms with Crippen molar-refractivity contribution in [2.75, 3.05) is 5.32 Å². The molecule has 0 aliphatic carbocycles. The van der Waals surface area contributed by atoms with Gasteiger partial charge < -0.3 is 16.2 Å². The van der Waals surface area contributed by atoms with Gasteiger partial charge in [-0.3, -0.25) is 4.79 Å². The maximum Gasteiger partial charge on any atom is 0.330 e. The summed E-state index contributed by atoms with van der Waals surface area (Å²) in [4.78, 5) is 21.5. The molecule has 0 aliphatic rings. The Morgan fingerprint density at radius 3 is 2.33 bits per heavy atom. The number of hydrogen-bond donors (Lipinski definition) is 3. The Hall–Kier alpha value is -1.95. The average molecular weight is 212 g/mol. The van der Waals surface area contributed by atoms with Gasteiger partial charge in [0.15, 0.2) is 6.04 Å². The van der Waals surface area contributed by atoms with E-state index in [0.29, 0.717) is 0 Å². The number of amides is 1. The Labute approximate surface area is 84.7 Å². The van der Waals surface area contributed by atoms with Gasteiger partial charge in [0.05, 0.1) is 0 Å². The summed E-state index contributed by atoms with van der Waals surface area (Å²) in [7, 11) is 0. The maximum atomic E-state index is 12.5. The predicted octanol–water partition coefficient (Wildman–Crippen LogP) is 0.176. The molecule has 4 N–H and O–H groups in total. The third kappa shape index (κ3) is 3.03. The Balaban J connectivity index is 2.66. The summed E-state index contributed by atoms with van der Waals surface area (Å²) >= 11 is 0. The molecule has 1 atom stereocenters. The Kier molecular flexibility index (Phi) is 3.35. The topological polar surface area (TPSA) is 92.4 Å². The third-order valence-electron chi connectivity index (χ3n) is 1.66. The van der Waals surface area contributed by atoms with E-state index in [1.807, 2.05) is 0 Å². The van der Waals surface area contributed by atoms with E-state index in [-0.39, 0.29) is 5.69 Å². The van der Waals surface area contributed by atoms with E-state index in [9.17, 15) is 14.0 Å². The normalized spacial score (nSPS) is 11.9. The number of carbonyl (C=O) groups excluding carboxylic acids is 1. The highest BCUT2D eigenvalue weighted by atomic mass is 19.1. The summed E-state index contributed by atoms with van der Waals surface area (Å²) in [6.07, 6.45) is 0. The van der Waals surface area contributed by atoms with Gasteiger partial charge in [0, 0.05) is 5.69 Å². The van der Waals surface area contributed by atoms with Crippen LogP contribution in [0.3, 0.4) is 0 Å². The molecule has 6 heteroatoms. The van der Waals surface area contributed by atoms with Gasteiger partial charge in [-0.2, -0.15) is 0 Å². The van der Waals surface area contributed by atoms with Crippen molar-refractivity contribution in [2.24, 2.45) is 5.73 Å². The fraction of sp³-hybridized carbons (Fsp3) is 0.111. The highest BCUT2D eigenvalue weighted by molar-refractivity contribution is 6.07. The van der Waals surface area contributed by atoms with Gasteiger partial charge in [-0.25, -0.2) is 9.18 Å². The molecule has 15 heavy (non-hydrogen) atoms. The van der Waals surface area contributed by atoms with Gasteiger partial charge >= 0.3 is 5.97 Å². The van der Waals surface area contributed by atoms with Crippen LogP contribution in [-0.2, 0) is 9.59 Å². The summed E-state index contributed by atoms with van der Waals surface area (Å²) in [5.41, 5.74) is 5.34. The van der Waals surface area contributed by atoms with Crippen molar-refractivity contribution < 1.29 is 19.1 Å². The molecular weight excluding hydrogens is 203 g/mol. The number of anilines is 1. The summed E-state index contributed by atoms with van der Waals surface area (Å²) in [6.45, 7) is 0. The number of carboxylic acid groups (broad SMARTS) is 1. The molecule has 1 rings (SSSR count). The molecule has 5 nitrogen and oxygen atoms in total. The van der Waals surface area contributed by atoms with Crippen LogP contribution in [-0.4, -0.2) is 23.0 Å². The van der Waals surface area contributed by atoms with Gasteiger partial charge in [-0.1, -0.05) is 0 Å². The zero-order valence-electron chi connectivity index (χ0n) is 7.61. The second-order valence-corrected chi connectivity index (χ2v) is 2.81. The molecule has 0 aromatic heterocycles. The lowest BCUT2D eigenvalue weighted by Gasteiger charge is -2.07. The molecule has 80 valence electrons. The molecule has 0 aliphatic heterocycles. The fourth-order valence-corrected chi connectivity index (χ4v) is 0.865. The van der Waals surface area contributed by atoms with E-state index in [1.54, 1.807) is 0 Å². The minimum Gasteiger partial charge on any atom is -0.480 e. The quantitative estimate of drug-likeness (QED) is 0.623. The van der Waals surface area contributed by atoms with Gasteiger partial charge in [-0.05, 0) is 24.3 Å². The fourth-order valence-electron chi connectivity index (χ4n) is 0.865. The summed E-state index contributed by atoms with van der Waals surface area (Å²) in [5, 5.41) is 10.7. The second kappa shape index (κ2) is 4.52. The number of carboxylic acids is 1. The van der Waals surface area contributed by atoms with E-state index in [2.05, 4.69) is 5.32 Å². The SMILES string of the molecule is NC(C(=O)O)C(=O)Nc1ccc(F)cc1. The van der Waals surface area contributed by atoms with Crippen LogP contribution in [0, 0.1) is 5.82 Å². The number of carbonyl (C=O) groups is 2. The van der Waals surface area contributed by atoms with Gasteiger partial charge in [0.2, 0.25) is 0 Å². The van der Waals surface area contributed by atoms with Gasteiger partial charge in [0.25, 0.3) is 5.91 Å². The van der Waals surface area contributed by atoms with E-state index >= 15 is 0 Å². The highest BCUT2D eigenvalue weighted by Gasteiger charge is 2.20. The van der Waals surface area contributed by atoms with Gasteiger partial charge in [-0.15, -0.1) is 0 Å². The Morgan fingerprint density at radius 2 is 1.87 bits per heavy atom. The molecule has 0 saturated heterocycles. The first-order chi connectivity index (χ1) is 7.00. The average Bonchev–Trinajstić information content (AvgIpc) is 2.20. The molecule has 0 fully saturated rings. The summed E-state index contributed by atoms with van der Waals surface area (Å²) in [5.74, 6) is -2.72. The minimum absolute atomic E-state index is 0.290.